The molecule has 0 aromatic rings. The van der Waals surface area contributed by atoms with Crippen LogP contribution in [0.1, 0.15) is 13.3 Å². The number of aliphatic hydroxyl groups is 2. The molecule has 0 heterocycles. The molecule has 5 N–H and O–H groups in total. The smallest absolute Gasteiger partial charge is 0.324 e. The molecule has 0 aliphatic carbocycles. The van der Waals surface area contributed by atoms with Gasteiger partial charge in [-0.15, -0.1) is 0 Å². The lowest BCUT2D eigenvalue weighted by Gasteiger charge is -2.18. The first-order valence-corrected chi connectivity index (χ1v) is 5.41. The molecule has 0 aliphatic rings. The van der Waals surface area contributed by atoms with E-state index in [4.69, 9.17) is 25.8 Å². The molecule has 0 radical (unpaired) electrons. The molecule has 8 nitrogen and oxygen atoms in total. The second kappa shape index (κ2) is 8.81. The van der Waals surface area contributed by atoms with Crippen LogP contribution in [0.4, 0.5) is 0 Å². The van der Waals surface area contributed by atoms with Gasteiger partial charge in [-0.05, 0) is 6.92 Å². The molecule has 8 heteroatoms. The van der Waals surface area contributed by atoms with Gasteiger partial charge >= 0.3 is 11.9 Å². The van der Waals surface area contributed by atoms with E-state index in [1.807, 2.05) is 0 Å². The van der Waals surface area contributed by atoms with Crippen LogP contribution in [0.3, 0.4) is 0 Å². The third kappa shape index (κ3) is 7.17. The van der Waals surface area contributed by atoms with Gasteiger partial charge in [-0.25, -0.2) is 0 Å². The Labute approximate surface area is 104 Å². The fraction of sp³-hybridized carbons (Fsp3) is 0.800. The predicted molar refractivity (Wildman–Crippen MR) is 59.7 cm³/mol. The van der Waals surface area contributed by atoms with Crippen molar-refractivity contribution in [3.8, 4) is 0 Å². The fourth-order valence-corrected chi connectivity index (χ4v) is 1.07. The molecule has 1 unspecified atom stereocenters. The molecular formula is C10H19NO7. The molecule has 0 fully saturated rings. The number of rotatable bonds is 9. The highest BCUT2D eigenvalue weighted by Crippen LogP contribution is 2.04. The van der Waals surface area contributed by atoms with Crippen molar-refractivity contribution in [2.75, 3.05) is 19.8 Å². The Morgan fingerprint density at radius 3 is 2.28 bits per heavy atom. The number of esters is 1. The second-order valence-electron chi connectivity index (χ2n) is 3.77. The molecule has 0 amide bonds. The SMILES string of the molecule is CC(CC(=O)OC[C@H](N)C(=O)O)OC(CO)CO. The van der Waals surface area contributed by atoms with Gasteiger partial charge in [0.2, 0.25) is 0 Å². The summed E-state index contributed by atoms with van der Waals surface area (Å²) in [6.07, 6.45) is -1.44. The van der Waals surface area contributed by atoms with Crippen LogP contribution < -0.4 is 5.73 Å². The van der Waals surface area contributed by atoms with Gasteiger partial charge in [0.25, 0.3) is 0 Å². The highest BCUT2D eigenvalue weighted by atomic mass is 16.5. The van der Waals surface area contributed by atoms with Crippen molar-refractivity contribution in [2.24, 2.45) is 5.73 Å². The molecule has 0 aliphatic heterocycles. The third-order valence-electron chi connectivity index (χ3n) is 2.03. The highest BCUT2D eigenvalue weighted by Gasteiger charge is 2.18. The molecule has 0 saturated carbocycles. The number of ether oxygens (including phenoxy) is 2. The molecule has 106 valence electrons. The maximum Gasteiger partial charge on any atom is 0.324 e. The van der Waals surface area contributed by atoms with Crippen LogP contribution >= 0.6 is 0 Å². The largest absolute Gasteiger partial charge is 0.480 e. The Balaban J connectivity index is 3.90. The van der Waals surface area contributed by atoms with E-state index in [-0.39, 0.29) is 19.6 Å². The lowest BCUT2D eigenvalue weighted by molar-refractivity contribution is -0.151. The maximum atomic E-state index is 11.3. The lowest BCUT2D eigenvalue weighted by atomic mass is 10.2. The first-order valence-electron chi connectivity index (χ1n) is 5.41. The normalized spacial score (nSPS) is 14.3. The Bertz CT molecular complexity index is 267. The fourth-order valence-electron chi connectivity index (χ4n) is 1.07. The molecule has 2 atom stereocenters. The first-order chi connectivity index (χ1) is 8.40. The van der Waals surface area contributed by atoms with Gasteiger partial charge in [-0.1, -0.05) is 0 Å². The van der Waals surface area contributed by atoms with E-state index in [1.165, 1.54) is 0 Å². The number of hydrogen-bond acceptors (Lipinski definition) is 7. The van der Waals surface area contributed by atoms with Crippen molar-refractivity contribution in [3.05, 3.63) is 0 Å². The predicted octanol–water partition coefficient (Wildman–Crippen LogP) is -1.91. The number of carbonyl (C=O) groups is 2. The Kier molecular flexibility index (Phi) is 8.21. The zero-order chi connectivity index (χ0) is 14.1. The van der Waals surface area contributed by atoms with Crippen LogP contribution in [0, 0.1) is 0 Å². The van der Waals surface area contributed by atoms with Crippen molar-refractivity contribution in [1.29, 1.82) is 0 Å². The average molecular weight is 265 g/mol. The molecule has 0 aromatic carbocycles. The van der Waals surface area contributed by atoms with Crippen LogP contribution in [0.25, 0.3) is 0 Å². The summed E-state index contributed by atoms with van der Waals surface area (Å²) in [7, 11) is 0. The van der Waals surface area contributed by atoms with Crippen LogP contribution in [-0.2, 0) is 19.1 Å². The Hall–Kier alpha value is -1.22. The lowest BCUT2D eigenvalue weighted by Crippen LogP contribution is -2.36. The van der Waals surface area contributed by atoms with E-state index in [9.17, 15) is 9.59 Å². The van der Waals surface area contributed by atoms with Crippen molar-refractivity contribution in [2.45, 2.75) is 31.6 Å². The number of carboxylic acid groups (broad SMARTS) is 1. The number of aliphatic carboxylic acids is 1. The molecule has 18 heavy (non-hydrogen) atoms. The summed E-state index contributed by atoms with van der Waals surface area (Å²) in [5, 5.41) is 26.0. The summed E-state index contributed by atoms with van der Waals surface area (Å²) in [5.74, 6) is -1.92. The number of carbonyl (C=O) groups excluding carboxylic acids is 1. The van der Waals surface area contributed by atoms with Crippen LogP contribution in [0.5, 0.6) is 0 Å². The molecule has 0 saturated heterocycles. The first kappa shape index (κ1) is 16.8. The molecule has 0 aromatic heterocycles. The summed E-state index contributed by atoms with van der Waals surface area (Å²) in [6, 6.07) is -1.26. The number of carboxylic acids is 1. The molecule has 0 spiro atoms. The van der Waals surface area contributed by atoms with E-state index in [2.05, 4.69) is 4.74 Å². The summed E-state index contributed by atoms with van der Waals surface area (Å²) >= 11 is 0. The molecule has 0 rings (SSSR count). The summed E-state index contributed by atoms with van der Waals surface area (Å²) in [4.78, 5) is 21.6. The van der Waals surface area contributed by atoms with E-state index in [0.29, 0.717) is 0 Å². The van der Waals surface area contributed by atoms with Crippen molar-refractivity contribution < 1.29 is 34.4 Å². The van der Waals surface area contributed by atoms with Crippen molar-refractivity contribution in [3.63, 3.8) is 0 Å². The highest BCUT2D eigenvalue weighted by molar-refractivity contribution is 5.74. The second-order valence-corrected chi connectivity index (χ2v) is 3.77. The van der Waals surface area contributed by atoms with Gasteiger partial charge in [0.05, 0.1) is 25.7 Å². The number of nitrogens with two attached hydrogens (primary N) is 1. The van der Waals surface area contributed by atoms with Crippen molar-refractivity contribution in [1.82, 2.24) is 0 Å². The molecular weight excluding hydrogens is 246 g/mol. The van der Waals surface area contributed by atoms with E-state index in [0.717, 1.165) is 0 Å². The van der Waals surface area contributed by atoms with E-state index < -0.39 is 36.8 Å². The Morgan fingerprint density at radius 2 is 1.83 bits per heavy atom. The van der Waals surface area contributed by atoms with Gasteiger partial charge in [0.1, 0.15) is 18.8 Å². The zero-order valence-corrected chi connectivity index (χ0v) is 10.1. The van der Waals surface area contributed by atoms with E-state index in [1.54, 1.807) is 6.92 Å². The monoisotopic (exact) mass is 265 g/mol. The van der Waals surface area contributed by atoms with Crippen LogP contribution in [0.15, 0.2) is 0 Å². The standard InChI is InChI=1S/C10H19NO7/c1-6(18-7(3-12)4-13)2-9(14)17-5-8(11)10(15)16/h6-8,12-13H,2-5,11H2,1H3,(H,15,16)/t6?,8-/m0/s1. The minimum absolute atomic E-state index is 0.122. The van der Waals surface area contributed by atoms with Crippen LogP contribution in [0.2, 0.25) is 0 Å². The summed E-state index contributed by atoms with van der Waals surface area (Å²) < 4.78 is 9.76. The summed E-state index contributed by atoms with van der Waals surface area (Å²) in [5.41, 5.74) is 5.15. The molecule has 0 bridgehead atoms. The van der Waals surface area contributed by atoms with Gasteiger partial charge in [-0.2, -0.15) is 0 Å². The minimum atomic E-state index is -1.26. The van der Waals surface area contributed by atoms with Gasteiger partial charge < -0.3 is 30.5 Å². The third-order valence-corrected chi connectivity index (χ3v) is 2.03. The number of aliphatic hydroxyl groups excluding tert-OH is 2. The minimum Gasteiger partial charge on any atom is -0.480 e. The van der Waals surface area contributed by atoms with Crippen molar-refractivity contribution >= 4 is 11.9 Å². The van der Waals surface area contributed by atoms with E-state index >= 15 is 0 Å². The maximum absolute atomic E-state index is 11.3. The topological polar surface area (TPSA) is 139 Å². The van der Waals surface area contributed by atoms with Crippen LogP contribution in [-0.4, -0.2) is 65.3 Å². The van der Waals surface area contributed by atoms with Gasteiger partial charge in [0.15, 0.2) is 0 Å². The summed E-state index contributed by atoms with van der Waals surface area (Å²) in [6.45, 7) is 0.431. The average Bonchev–Trinajstić information content (AvgIpc) is 2.32. The quantitative estimate of drug-likeness (QED) is 0.354. The van der Waals surface area contributed by atoms with Gasteiger partial charge in [0, 0.05) is 0 Å². The zero-order valence-electron chi connectivity index (χ0n) is 10.1. The van der Waals surface area contributed by atoms with Gasteiger partial charge in [-0.3, -0.25) is 9.59 Å². The number of hydrogen-bond donors (Lipinski definition) is 4. The Morgan fingerprint density at radius 1 is 1.28 bits per heavy atom.